The van der Waals surface area contributed by atoms with Crippen LogP contribution in [0.4, 0.5) is 0 Å². The van der Waals surface area contributed by atoms with Crippen molar-refractivity contribution in [3.8, 4) is 6.07 Å². The first-order valence-electron chi connectivity index (χ1n) is 6.51. The molecule has 0 amide bonds. The smallest absolute Gasteiger partial charge is 0.0991 e. The highest BCUT2D eigenvalue weighted by Crippen LogP contribution is 2.28. The van der Waals surface area contributed by atoms with Gasteiger partial charge in [-0.1, -0.05) is 0 Å². The van der Waals surface area contributed by atoms with Gasteiger partial charge < -0.3 is 5.32 Å². The average Bonchev–Trinajstić information content (AvgIpc) is 3.04. The molecule has 3 rings (SSSR count). The van der Waals surface area contributed by atoms with Crippen LogP contribution in [0.15, 0.2) is 24.3 Å². The lowest BCUT2D eigenvalue weighted by Gasteiger charge is -2.07. The van der Waals surface area contributed by atoms with Crippen molar-refractivity contribution in [1.82, 2.24) is 5.32 Å². The van der Waals surface area contributed by atoms with Crippen LogP contribution in [0.1, 0.15) is 29.7 Å². The zero-order chi connectivity index (χ0) is 12.4. The maximum atomic E-state index is 8.90. The monoisotopic (exact) mass is 256 g/mol. The topological polar surface area (TPSA) is 35.8 Å². The van der Waals surface area contributed by atoms with E-state index in [0.717, 1.165) is 12.0 Å². The summed E-state index contributed by atoms with van der Waals surface area (Å²) in [5.74, 6) is 0. The van der Waals surface area contributed by atoms with Crippen LogP contribution in [-0.4, -0.2) is 12.6 Å². The molecule has 1 saturated heterocycles. The molecular weight excluding hydrogens is 240 g/mol. The van der Waals surface area contributed by atoms with Gasteiger partial charge in [-0.2, -0.15) is 5.26 Å². The lowest BCUT2D eigenvalue weighted by Crippen LogP contribution is -2.21. The largest absolute Gasteiger partial charge is 0.314 e. The van der Waals surface area contributed by atoms with Crippen LogP contribution in [0.3, 0.4) is 0 Å². The molecule has 1 aromatic carbocycles. The van der Waals surface area contributed by atoms with E-state index >= 15 is 0 Å². The van der Waals surface area contributed by atoms with E-state index in [2.05, 4.69) is 23.5 Å². The third-order valence-electron chi connectivity index (χ3n) is 3.60. The molecule has 1 aliphatic heterocycles. The molecule has 0 radical (unpaired) electrons. The van der Waals surface area contributed by atoms with E-state index in [0.29, 0.717) is 6.04 Å². The maximum absolute atomic E-state index is 8.90. The summed E-state index contributed by atoms with van der Waals surface area (Å²) in [6.45, 7) is 1.18. The van der Waals surface area contributed by atoms with Crippen LogP contribution in [0, 0.1) is 11.3 Å². The molecule has 1 N–H and O–H groups in total. The lowest BCUT2D eigenvalue weighted by molar-refractivity contribution is 0.561. The molecule has 2 nitrogen and oxygen atoms in total. The summed E-state index contributed by atoms with van der Waals surface area (Å²) in [5.41, 5.74) is 0.754. The molecule has 0 unspecified atom stereocenters. The van der Waals surface area contributed by atoms with Crippen LogP contribution < -0.4 is 5.32 Å². The Hall–Kier alpha value is -1.37. The summed E-state index contributed by atoms with van der Waals surface area (Å²) in [7, 11) is 0. The van der Waals surface area contributed by atoms with Crippen molar-refractivity contribution < 1.29 is 0 Å². The molecule has 92 valence electrons. The van der Waals surface area contributed by atoms with Gasteiger partial charge in [0.1, 0.15) is 0 Å². The van der Waals surface area contributed by atoms with E-state index in [1.54, 1.807) is 0 Å². The van der Waals surface area contributed by atoms with Gasteiger partial charge in [-0.25, -0.2) is 0 Å². The van der Waals surface area contributed by atoms with E-state index in [4.69, 9.17) is 5.26 Å². The Morgan fingerprint density at radius 3 is 3.11 bits per heavy atom. The van der Waals surface area contributed by atoms with Gasteiger partial charge in [0, 0.05) is 15.6 Å². The molecule has 18 heavy (non-hydrogen) atoms. The molecule has 1 atom stereocenters. The van der Waals surface area contributed by atoms with Gasteiger partial charge in [0.2, 0.25) is 0 Å². The minimum atomic E-state index is 0.713. The molecule has 1 fully saturated rings. The molecule has 1 aliphatic rings. The number of hydrogen-bond donors (Lipinski definition) is 1. The first-order chi connectivity index (χ1) is 8.85. The van der Waals surface area contributed by atoms with Gasteiger partial charge in [0.25, 0.3) is 0 Å². The predicted molar refractivity (Wildman–Crippen MR) is 75.9 cm³/mol. The maximum Gasteiger partial charge on any atom is 0.0991 e. The molecule has 0 saturated carbocycles. The van der Waals surface area contributed by atoms with Gasteiger partial charge >= 0.3 is 0 Å². The summed E-state index contributed by atoms with van der Waals surface area (Å²) < 4.78 is 1.29. The fourth-order valence-electron chi connectivity index (χ4n) is 2.61. The van der Waals surface area contributed by atoms with Gasteiger partial charge in [0.15, 0.2) is 0 Å². The summed E-state index contributed by atoms with van der Waals surface area (Å²) >= 11 is 1.86. The highest BCUT2D eigenvalue weighted by atomic mass is 32.1. The van der Waals surface area contributed by atoms with Crippen molar-refractivity contribution in [3.05, 3.63) is 34.7 Å². The third-order valence-corrected chi connectivity index (χ3v) is 4.77. The third kappa shape index (κ3) is 2.40. The van der Waals surface area contributed by atoms with Crippen LogP contribution in [-0.2, 0) is 6.42 Å². The van der Waals surface area contributed by atoms with Gasteiger partial charge in [-0.3, -0.25) is 0 Å². The lowest BCUT2D eigenvalue weighted by atomic mass is 10.1. The Balaban J connectivity index is 1.74. The van der Waals surface area contributed by atoms with Gasteiger partial charge in [0.05, 0.1) is 11.6 Å². The number of benzene rings is 1. The number of nitrogens with one attached hydrogen (secondary N) is 1. The van der Waals surface area contributed by atoms with E-state index in [-0.39, 0.29) is 0 Å². The number of fused-ring (bicyclic) bond motifs is 1. The quantitative estimate of drug-likeness (QED) is 0.913. The fraction of sp³-hybridized carbons (Fsp3) is 0.400. The molecule has 1 aromatic heterocycles. The summed E-state index contributed by atoms with van der Waals surface area (Å²) in [6.07, 6.45) is 5.03. The van der Waals surface area contributed by atoms with E-state index in [1.165, 1.54) is 40.8 Å². The van der Waals surface area contributed by atoms with E-state index in [1.807, 2.05) is 23.5 Å². The Morgan fingerprint density at radius 1 is 1.39 bits per heavy atom. The SMILES string of the molecule is N#Cc1ccc2sc(CC[C@@H]3CCCN3)cc2c1. The standard InChI is InChI=1S/C15H16N2S/c16-10-11-3-6-15-12(8-11)9-14(18-15)5-4-13-2-1-7-17-13/h3,6,8-9,13,17H,1-2,4-5,7H2/t13-/m0/s1. The molecule has 2 heterocycles. The fourth-order valence-corrected chi connectivity index (χ4v) is 3.67. The Kier molecular flexibility index (Phi) is 3.31. The van der Waals surface area contributed by atoms with Crippen molar-refractivity contribution in [2.45, 2.75) is 31.7 Å². The minimum absolute atomic E-state index is 0.713. The number of aryl methyl sites for hydroxylation is 1. The zero-order valence-electron chi connectivity index (χ0n) is 10.3. The first-order valence-corrected chi connectivity index (χ1v) is 7.33. The normalized spacial score (nSPS) is 19.2. The number of thiophene rings is 1. The number of rotatable bonds is 3. The molecular formula is C15H16N2S. The minimum Gasteiger partial charge on any atom is -0.314 e. The van der Waals surface area contributed by atoms with Crippen molar-refractivity contribution in [2.24, 2.45) is 0 Å². The van der Waals surface area contributed by atoms with E-state index < -0.39 is 0 Å². The molecule has 0 aliphatic carbocycles. The Morgan fingerprint density at radius 2 is 2.33 bits per heavy atom. The second kappa shape index (κ2) is 5.09. The summed E-state index contributed by atoms with van der Waals surface area (Å²) in [4.78, 5) is 1.44. The van der Waals surface area contributed by atoms with Crippen molar-refractivity contribution in [3.63, 3.8) is 0 Å². The van der Waals surface area contributed by atoms with Crippen LogP contribution in [0.5, 0.6) is 0 Å². The van der Waals surface area contributed by atoms with Crippen molar-refractivity contribution in [1.29, 1.82) is 5.26 Å². The second-order valence-corrected chi connectivity index (χ2v) is 6.08. The number of hydrogen-bond acceptors (Lipinski definition) is 3. The van der Waals surface area contributed by atoms with Crippen molar-refractivity contribution in [2.75, 3.05) is 6.54 Å². The molecule has 0 bridgehead atoms. The first kappa shape index (κ1) is 11.7. The second-order valence-electron chi connectivity index (χ2n) is 4.91. The molecule has 2 aromatic rings. The van der Waals surface area contributed by atoms with Gasteiger partial charge in [-0.05, 0) is 61.9 Å². The van der Waals surface area contributed by atoms with Crippen molar-refractivity contribution >= 4 is 21.4 Å². The van der Waals surface area contributed by atoms with Crippen LogP contribution in [0.2, 0.25) is 0 Å². The Labute approximate surface area is 111 Å². The predicted octanol–water partition coefficient (Wildman–Crippen LogP) is 3.46. The average molecular weight is 256 g/mol. The summed E-state index contributed by atoms with van der Waals surface area (Å²) in [5, 5.41) is 13.7. The van der Waals surface area contributed by atoms with Crippen LogP contribution >= 0.6 is 11.3 Å². The molecule has 3 heteroatoms. The highest BCUT2D eigenvalue weighted by Gasteiger charge is 2.14. The van der Waals surface area contributed by atoms with Gasteiger partial charge in [-0.15, -0.1) is 11.3 Å². The van der Waals surface area contributed by atoms with E-state index in [9.17, 15) is 0 Å². The summed E-state index contributed by atoms with van der Waals surface area (Å²) in [6, 6.07) is 11.1. The Bertz CT molecular complexity index is 588. The zero-order valence-corrected chi connectivity index (χ0v) is 11.1. The molecule has 0 spiro atoms. The number of nitriles is 1. The number of nitrogens with zero attached hydrogens (tertiary/aromatic N) is 1. The highest BCUT2D eigenvalue weighted by molar-refractivity contribution is 7.19. The van der Waals surface area contributed by atoms with Crippen LogP contribution in [0.25, 0.3) is 10.1 Å².